The molecule has 0 bridgehead atoms. The molecule has 4 heteroatoms. The van der Waals surface area contributed by atoms with E-state index in [4.69, 9.17) is 4.42 Å². The van der Waals surface area contributed by atoms with Crippen molar-refractivity contribution in [2.24, 2.45) is 0 Å². The zero-order chi connectivity index (χ0) is 12.5. The van der Waals surface area contributed by atoms with Gasteiger partial charge in [-0.1, -0.05) is 0 Å². The summed E-state index contributed by atoms with van der Waals surface area (Å²) in [4.78, 5) is 4.51. The van der Waals surface area contributed by atoms with Crippen LogP contribution < -0.4 is 5.32 Å². The molecule has 98 valence electrons. The molecule has 0 aliphatic carbocycles. The fourth-order valence-electron chi connectivity index (χ4n) is 1.69. The Bertz CT molecular complexity index is 272. The van der Waals surface area contributed by atoms with Crippen molar-refractivity contribution in [1.29, 1.82) is 0 Å². The quantitative estimate of drug-likeness (QED) is 0.657. The average molecular weight is 239 g/mol. The van der Waals surface area contributed by atoms with Crippen molar-refractivity contribution in [3.8, 4) is 0 Å². The second-order valence-corrected chi connectivity index (χ2v) is 4.78. The van der Waals surface area contributed by atoms with Gasteiger partial charge in [0.05, 0.1) is 12.5 Å². The molecule has 0 saturated carbocycles. The lowest BCUT2D eigenvalue weighted by Gasteiger charge is -2.16. The highest BCUT2D eigenvalue weighted by molar-refractivity contribution is 5.04. The third kappa shape index (κ3) is 7.15. The summed E-state index contributed by atoms with van der Waals surface area (Å²) < 4.78 is 5.05. The van der Waals surface area contributed by atoms with Gasteiger partial charge in [-0.05, 0) is 46.7 Å². The van der Waals surface area contributed by atoms with Crippen molar-refractivity contribution in [2.45, 2.75) is 13.0 Å². The monoisotopic (exact) mass is 239 g/mol. The summed E-state index contributed by atoms with van der Waals surface area (Å²) in [5, 5.41) is 3.46. The standard InChI is InChI=1S/C13H25N3O/c1-15(2)8-4-6-14-7-9-16(3)11-13-5-10-17-12-13/h5,10,12,14H,4,6-9,11H2,1-3H3. The van der Waals surface area contributed by atoms with Gasteiger partial charge < -0.3 is 19.5 Å². The van der Waals surface area contributed by atoms with Gasteiger partial charge in [0, 0.05) is 25.2 Å². The first-order chi connectivity index (χ1) is 8.18. The van der Waals surface area contributed by atoms with E-state index in [0.29, 0.717) is 0 Å². The summed E-state index contributed by atoms with van der Waals surface area (Å²) in [6.45, 7) is 5.31. The van der Waals surface area contributed by atoms with E-state index >= 15 is 0 Å². The lowest BCUT2D eigenvalue weighted by atomic mass is 10.3. The molecule has 0 aliphatic rings. The van der Waals surface area contributed by atoms with E-state index in [1.54, 1.807) is 12.5 Å². The Balaban J connectivity index is 1.95. The summed E-state index contributed by atoms with van der Waals surface area (Å²) in [5.41, 5.74) is 1.24. The minimum atomic E-state index is 0.954. The fraction of sp³-hybridized carbons (Fsp3) is 0.692. The van der Waals surface area contributed by atoms with E-state index < -0.39 is 0 Å². The Morgan fingerprint density at radius 2 is 2.00 bits per heavy atom. The fourth-order valence-corrected chi connectivity index (χ4v) is 1.69. The summed E-state index contributed by atoms with van der Waals surface area (Å²) in [5.74, 6) is 0. The Labute approximate surface area is 105 Å². The van der Waals surface area contributed by atoms with Gasteiger partial charge in [-0.15, -0.1) is 0 Å². The molecule has 0 radical (unpaired) electrons. The number of likely N-dealkylation sites (N-methyl/N-ethyl adjacent to an activating group) is 1. The molecule has 1 aromatic rings. The highest BCUT2D eigenvalue weighted by atomic mass is 16.3. The van der Waals surface area contributed by atoms with Crippen molar-refractivity contribution in [3.05, 3.63) is 24.2 Å². The molecule has 0 saturated heterocycles. The SMILES string of the molecule is CN(C)CCCNCCN(C)Cc1ccoc1. The van der Waals surface area contributed by atoms with E-state index in [1.807, 2.05) is 6.07 Å². The van der Waals surface area contributed by atoms with Crippen LogP contribution in [-0.4, -0.2) is 57.1 Å². The Hall–Kier alpha value is -0.840. The molecule has 1 N–H and O–H groups in total. The van der Waals surface area contributed by atoms with Crippen LogP contribution in [0.2, 0.25) is 0 Å². The number of nitrogens with one attached hydrogen (secondary N) is 1. The summed E-state index contributed by atoms with van der Waals surface area (Å²) in [6, 6.07) is 2.01. The maximum Gasteiger partial charge on any atom is 0.0947 e. The molecular weight excluding hydrogens is 214 g/mol. The van der Waals surface area contributed by atoms with Gasteiger partial charge in [0.25, 0.3) is 0 Å². The average Bonchev–Trinajstić information content (AvgIpc) is 2.75. The molecular formula is C13H25N3O. The van der Waals surface area contributed by atoms with Crippen LogP contribution >= 0.6 is 0 Å². The van der Waals surface area contributed by atoms with Gasteiger partial charge in [-0.2, -0.15) is 0 Å². The van der Waals surface area contributed by atoms with Crippen LogP contribution in [0.25, 0.3) is 0 Å². The van der Waals surface area contributed by atoms with E-state index in [9.17, 15) is 0 Å². The molecule has 0 spiro atoms. The first kappa shape index (κ1) is 14.2. The van der Waals surface area contributed by atoms with Gasteiger partial charge in [0.15, 0.2) is 0 Å². The van der Waals surface area contributed by atoms with E-state index in [-0.39, 0.29) is 0 Å². The van der Waals surface area contributed by atoms with E-state index in [0.717, 1.165) is 32.7 Å². The minimum Gasteiger partial charge on any atom is -0.472 e. The Morgan fingerprint density at radius 1 is 1.18 bits per heavy atom. The highest BCUT2D eigenvalue weighted by Crippen LogP contribution is 2.02. The molecule has 0 fully saturated rings. The largest absolute Gasteiger partial charge is 0.472 e. The molecule has 0 unspecified atom stereocenters. The van der Waals surface area contributed by atoms with Crippen LogP contribution in [0.3, 0.4) is 0 Å². The van der Waals surface area contributed by atoms with Crippen molar-refractivity contribution < 1.29 is 4.42 Å². The van der Waals surface area contributed by atoms with Crippen molar-refractivity contribution in [1.82, 2.24) is 15.1 Å². The second-order valence-electron chi connectivity index (χ2n) is 4.78. The molecule has 1 heterocycles. The summed E-state index contributed by atoms with van der Waals surface area (Å²) >= 11 is 0. The third-order valence-electron chi connectivity index (χ3n) is 2.66. The molecule has 1 aromatic heterocycles. The molecule has 17 heavy (non-hydrogen) atoms. The number of hydrogen-bond acceptors (Lipinski definition) is 4. The number of rotatable bonds is 9. The zero-order valence-corrected chi connectivity index (χ0v) is 11.3. The van der Waals surface area contributed by atoms with Crippen molar-refractivity contribution >= 4 is 0 Å². The summed E-state index contributed by atoms with van der Waals surface area (Å²) in [6.07, 6.45) is 4.74. The van der Waals surface area contributed by atoms with Crippen LogP contribution in [0.4, 0.5) is 0 Å². The van der Waals surface area contributed by atoms with Gasteiger partial charge in [0.1, 0.15) is 0 Å². The minimum absolute atomic E-state index is 0.954. The molecule has 0 atom stereocenters. The van der Waals surface area contributed by atoms with E-state index in [1.165, 1.54) is 12.0 Å². The van der Waals surface area contributed by atoms with Gasteiger partial charge in [-0.25, -0.2) is 0 Å². The highest BCUT2D eigenvalue weighted by Gasteiger charge is 2.00. The number of furan rings is 1. The van der Waals surface area contributed by atoms with Crippen LogP contribution in [0.1, 0.15) is 12.0 Å². The van der Waals surface area contributed by atoms with Crippen LogP contribution in [0, 0.1) is 0 Å². The van der Waals surface area contributed by atoms with Crippen LogP contribution in [0.5, 0.6) is 0 Å². The molecule has 0 aromatic carbocycles. The van der Waals surface area contributed by atoms with Crippen molar-refractivity contribution in [3.63, 3.8) is 0 Å². The molecule has 4 nitrogen and oxygen atoms in total. The lowest BCUT2D eigenvalue weighted by Crippen LogP contribution is -2.30. The summed E-state index contributed by atoms with van der Waals surface area (Å²) in [7, 11) is 6.35. The number of nitrogens with zero attached hydrogens (tertiary/aromatic N) is 2. The topological polar surface area (TPSA) is 31.6 Å². The molecule has 0 aliphatic heterocycles. The lowest BCUT2D eigenvalue weighted by molar-refractivity contribution is 0.320. The zero-order valence-electron chi connectivity index (χ0n) is 11.3. The smallest absolute Gasteiger partial charge is 0.0947 e. The van der Waals surface area contributed by atoms with E-state index in [2.05, 4.69) is 36.3 Å². The van der Waals surface area contributed by atoms with Gasteiger partial charge in [-0.3, -0.25) is 0 Å². The van der Waals surface area contributed by atoms with Crippen molar-refractivity contribution in [2.75, 3.05) is 47.3 Å². The van der Waals surface area contributed by atoms with Gasteiger partial charge in [0.2, 0.25) is 0 Å². The maximum atomic E-state index is 5.05. The molecule has 0 amide bonds. The normalized spacial score (nSPS) is 11.6. The predicted octanol–water partition coefficient (Wildman–Crippen LogP) is 1.25. The first-order valence-electron chi connectivity index (χ1n) is 6.23. The Kier molecular flexibility index (Phi) is 6.93. The second kappa shape index (κ2) is 8.28. The molecule has 1 rings (SSSR count). The first-order valence-corrected chi connectivity index (χ1v) is 6.23. The third-order valence-corrected chi connectivity index (χ3v) is 2.66. The predicted molar refractivity (Wildman–Crippen MR) is 71.1 cm³/mol. The van der Waals surface area contributed by atoms with Crippen LogP contribution in [-0.2, 0) is 6.54 Å². The number of hydrogen-bond donors (Lipinski definition) is 1. The maximum absolute atomic E-state index is 5.05. The Morgan fingerprint density at radius 3 is 2.65 bits per heavy atom. The van der Waals surface area contributed by atoms with Crippen LogP contribution in [0.15, 0.2) is 23.0 Å². The van der Waals surface area contributed by atoms with Gasteiger partial charge >= 0.3 is 0 Å².